The third kappa shape index (κ3) is 4.82. The first-order valence-corrected chi connectivity index (χ1v) is 13.8. The summed E-state index contributed by atoms with van der Waals surface area (Å²) < 4.78 is 0. The molecule has 5 aliphatic rings. The van der Waals surface area contributed by atoms with Crippen molar-refractivity contribution in [2.24, 2.45) is 15.9 Å². The summed E-state index contributed by atoms with van der Waals surface area (Å²) in [5, 5.41) is 0. The second-order valence-electron chi connectivity index (χ2n) is 10.9. The molecule has 35 heavy (non-hydrogen) atoms. The number of likely N-dealkylation sites (tertiary alicyclic amines) is 1. The molecule has 3 fully saturated rings. The molecule has 2 saturated carbocycles. The summed E-state index contributed by atoms with van der Waals surface area (Å²) in [6, 6.07) is 0.870. The number of allylic oxidation sites excluding steroid dienone is 7. The van der Waals surface area contributed by atoms with E-state index in [-0.39, 0.29) is 0 Å². The van der Waals surface area contributed by atoms with Gasteiger partial charge in [0.2, 0.25) is 0 Å². The number of hydrogen-bond donors (Lipinski definition) is 0. The van der Waals surface area contributed by atoms with Gasteiger partial charge in [0.05, 0.1) is 11.4 Å². The van der Waals surface area contributed by atoms with Crippen molar-refractivity contribution >= 4 is 11.5 Å². The van der Waals surface area contributed by atoms with Gasteiger partial charge in [0.15, 0.2) is 0 Å². The Kier molecular flexibility index (Phi) is 7.11. The minimum absolute atomic E-state index is 0.652. The molecule has 4 heteroatoms. The summed E-state index contributed by atoms with van der Waals surface area (Å²) >= 11 is 0. The molecule has 0 amide bonds. The Morgan fingerprint density at radius 3 is 2.46 bits per heavy atom. The molecule has 0 aromatic carbocycles. The molecule has 0 bridgehead atoms. The third-order valence-electron chi connectivity index (χ3n) is 8.75. The summed E-state index contributed by atoms with van der Waals surface area (Å²) in [7, 11) is 1.87. The molecule has 4 nitrogen and oxygen atoms in total. The zero-order valence-corrected chi connectivity index (χ0v) is 22.2. The lowest BCUT2D eigenvalue weighted by Gasteiger charge is -2.43. The Labute approximate surface area is 212 Å². The van der Waals surface area contributed by atoms with Gasteiger partial charge >= 0.3 is 0 Å². The molecule has 3 heterocycles. The molecule has 2 aliphatic carbocycles. The quantitative estimate of drug-likeness (QED) is 0.306. The lowest BCUT2D eigenvalue weighted by Crippen LogP contribution is -2.45. The second-order valence-corrected chi connectivity index (χ2v) is 10.9. The molecule has 0 spiro atoms. The Bertz CT molecular complexity index is 1090. The molecule has 0 atom stereocenters. The Balaban J connectivity index is 1.42. The first kappa shape index (κ1) is 24.2. The number of hydrogen-bond acceptors (Lipinski definition) is 4. The number of rotatable bonds is 6. The van der Waals surface area contributed by atoms with Crippen molar-refractivity contribution in [3.05, 3.63) is 70.3 Å². The van der Waals surface area contributed by atoms with Crippen LogP contribution in [0.5, 0.6) is 0 Å². The smallest absolute Gasteiger partial charge is 0.140 e. The summed E-state index contributed by atoms with van der Waals surface area (Å²) in [6.45, 7) is 13.2. The molecular formula is C31H42N4. The minimum atomic E-state index is 0.652. The van der Waals surface area contributed by atoms with Crippen molar-refractivity contribution in [3.8, 4) is 0 Å². The maximum Gasteiger partial charge on any atom is 0.140 e. The van der Waals surface area contributed by atoms with Gasteiger partial charge in [-0.1, -0.05) is 31.6 Å². The van der Waals surface area contributed by atoms with Gasteiger partial charge in [-0.05, 0) is 119 Å². The van der Waals surface area contributed by atoms with Crippen LogP contribution in [-0.4, -0.2) is 47.5 Å². The van der Waals surface area contributed by atoms with E-state index in [0.29, 0.717) is 5.92 Å². The van der Waals surface area contributed by atoms with Gasteiger partial charge in [-0.25, -0.2) is 4.99 Å². The van der Waals surface area contributed by atoms with Crippen LogP contribution in [0.4, 0.5) is 0 Å². The molecule has 5 rings (SSSR count). The predicted octanol–water partition coefficient (Wildman–Crippen LogP) is 7.11. The van der Waals surface area contributed by atoms with E-state index in [4.69, 9.17) is 4.99 Å². The molecule has 186 valence electrons. The van der Waals surface area contributed by atoms with E-state index in [1.54, 1.807) is 5.57 Å². The fraction of sp³-hybridized carbons (Fsp3) is 0.548. The van der Waals surface area contributed by atoms with Crippen molar-refractivity contribution in [2.45, 2.75) is 84.6 Å². The van der Waals surface area contributed by atoms with Crippen LogP contribution < -0.4 is 0 Å². The SMILES string of the molecule is C=C(CC)/C(C)=C/C(=NC)C1=CC(=C2CCC2)N2C=C(C3CCN(C4CCC4)CC3)C=C(C)C2=N1. The second kappa shape index (κ2) is 10.3. The Morgan fingerprint density at radius 2 is 1.89 bits per heavy atom. The molecule has 3 aliphatic heterocycles. The van der Waals surface area contributed by atoms with Crippen molar-refractivity contribution in [3.63, 3.8) is 0 Å². The number of aliphatic imine (C=N–C) groups is 2. The van der Waals surface area contributed by atoms with E-state index in [1.165, 1.54) is 86.9 Å². The van der Waals surface area contributed by atoms with Crippen LogP contribution in [0.2, 0.25) is 0 Å². The van der Waals surface area contributed by atoms with Crippen LogP contribution in [0, 0.1) is 5.92 Å². The molecule has 0 aromatic heterocycles. The van der Waals surface area contributed by atoms with E-state index in [1.807, 2.05) is 7.05 Å². The zero-order valence-electron chi connectivity index (χ0n) is 22.2. The zero-order chi connectivity index (χ0) is 24.5. The number of piperidine rings is 1. The Hall–Kier alpha value is -2.46. The lowest BCUT2D eigenvalue weighted by molar-refractivity contribution is 0.0915. The van der Waals surface area contributed by atoms with Gasteiger partial charge < -0.3 is 9.80 Å². The highest BCUT2D eigenvalue weighted by Gasteiger charge is 2.33. The van der Waals surface area contributed by atoms with Gasteiger partial charge in [-0.15, -0.1) is 0 Å². The van der Waals surface area contributed by atoms with Crippen LogP contribution >= 0.6 is 0 Å². The summed E-state index contributed by atoms with van der Waals surface area (Å²) in [6.07, 6.45) is 20.7. The largest absolute Gasteiger partial charge is 0.301 e. The van der Waals surface area contributed by atoms with Crippen molar-refractivity contribution in [1.82, 2.24) is 9.80 Å². The first-order valence-electron chi connectivity index (χ1n) is 13.8. The molecular weight excluding hydrogens is 428 g/mol. The van der Waals surface area contributed by atoms with Crippen LogP contribution in [-0.2, 0) is 0 Å². The highest BCUT2D eigenvalue weighted by molar-refractivity contribution is 6.13. The maximum atomic E-state index is 5.16. The molecule has 0 aromatic rings. The summed E-state index contributed by atoms with van der Waals surface area (Å²) in [5.41, 5.74) is 9.87. The number of amidine groups is 1. The van der Waals surface area contributed by atoms with Gasteiger partial charge in [0.1, 0.15) is 5.84 Å². The van der Waals surface area contributed by atoms with Crippen LogP contribution in [0.3, 0.4) is 0 Å². The first-order chi connectivity index (χ1) is 17.0. The fourth-order valence-corrected chi connectivity index (χ4v) is 5.85. The molecule has 0 radical (unpaired) electrons. The van der Waals surface area contributed by atoms with Gasteiger partial charge in [0.25, 0.3) is 0 Å². The number of fused-ring (bicyclic) bond motifs is 1. The van der Waals surface area contributed by atoms with Crippen LogP contribution in [0.25, 0.3) is 0 Å². The lowest BCUT2D eigenvalue weighted by atomic mass is 9.83. The highest BCUT2D eigenvalue weighted by atomic mass is 15.2. The minimum Gasteiger partial charge on any atom is -0.301 e. The maximum absolute atomic E-state index is 5.16. The van der Waals surface area contributed by atoms with Crippen molar-refractivity contribution in [1.29, 1.82) is 0 Å². The average Bonchev–Trinajstić information content (AvgIpc) is 2.80. The predicted molar refractivity (Wildman–Crippen MR) is 149 cm³/mol. The van der Waals surface area contributed by atoms with E-state index in [9.17, 15) is 0 Å². The summed E-state index contributed by atoms with van der Waals surface area (Å²) in [4.78, 5) is 14.9. The van der Waals surface area contributed by atoms with Gasteiger partial charge in [-0.3, -0.25) is 4.99 Å². The van der Waals surface area contributed by atoms with E-state index in [0.717, 1.165) is 35.3 Å². The standard InChI is InChI=1S/C31H42N4/c1-6-21(2)22(3)18-28(32-5)29-19-30(25-9-7-10-25)35-20-26(17-23(4)31(35)33-29)24-13-15-34(16-14-24)27-11-8-12-27/h17-20,24,27H,2,6-16H2,1,3-5H3/b22-18+,32-28?. The summed E-state index contributed by atoms with van der Waals surface area (Å²) in [5.74, 6) is 1.72. The normalized spacial score (nSPS) is 24.7. The monoisotopic (exact) mass is 470 g/mol. The van der Waals surface area contributed by atoms with Crippen molar-refractivity contribution < 1.29 is 0 Å². The van der Waals surface area contributed by atoms with E-state index < -0.39 is 0 Å². The topological polar surface area (TPSA) is 31.2 Å². The molecule has 0 unspecified atom stereocenters. The molecule has 0 N–H and O–H groups in total. The van der Waals surface area contributed by atoms with E-state index >= 15 is 0 Å². The van der Waals surface area contributed by atoms with Crippen LogP contribution in [0.15, 0.2) is 80.3 Å². The average molecular weight is 471 g/mol. The van der Waals surface area contributed by atoms with Crippen LogP contribution in [0.1, 0.15) is 78.6 Å². The van der Waals surface area contributed by atoms with Gasteiger partial charge in [0, 0.05) is 25.0 Å². The van der Waals surface area contributed by atoms with E-state index in [2.05, 4.69) is 66.6 Å². The fourth-order valence-electron chi connectivity index (χ4n) is 5.85. The van der Waals surface area contributed by atoms with Crippen molar-refractivity contribution in [2.75, 3.05) is 20.1 Å². The third-order valence-corrected chi connectivity index (χ3v) is 8.75. The van der Waals surface area contributed by atoms with Gasteiger partial charge in [-0.2, -0.15) is 0 Å². The molecule has 1 saturated heterocycles. The number of nitrogens with zero attached hydrogens (tertiary/aromatic N) is 4. The Morgan fingerprint density at radius 1 is 1.14 bits per heavy atom. The highest BCUT2D eigenvalue weighted by Crippen LogP contribution is 2.39.